The van der Waals surface area contributed by atoms with Crippen LogP contribution in [0.5, 0.6) is 0 Å². The second-order valence-corrected chi connectivity index (χ2v) is 8.56. The number of amides is 1. The molecule has 2 aromatic rings. The Morgan fingerprint density at radius 1 is 1.28 bits per heavy atom. The first kappa shape index (κ1) is 21.2. The van der Waals surface area contributed by atoms with Gasteiger partial charge in [0.05, 0.1) is 18.2 Å². The number of methoxy groups -OCH3 is 1. The standard InChI is InChI=1S/C22H30N2O5/c1-12-9-15-16(10-22(4,5)11-17(15)29-12)24-20(25)19-13(2)18(14(3)23-19)21(26)28-8-7-27-6/h9,16,23H,7-8,10-11H2,1-6H3,(H,24,25). The van der Waals surface area contributed by atoms with Gasteiger partial charge in [-0.25, -0.2) is 4.79 Å². The van der Waals surface area contributed by atoms with Crippen molar-refractivity contribution in [2.75, 3.05) is 20.3 Å². The molecule has 0 spiro atoms. The van der Waals surface area contributed by atoms with Crippen LogP contribution in [0.4, 0.5) is 0 Å². The van der Waals surface area contributed by atoms with Gasteiger partial charge >= 0.3 is 5.97 Å². The second kappa shape index (κ2) is 8.06. The zero-order valence-electron chi connectivity index (χ0n) is 18.0. The van der Waals surface area contributed by atoms with Crippen LogP contribution >= 0.6 is 0 Å². The van der Waals surface area contributed by atoms with E-state index >= 15 is 0 Å². The van der Waals surface area contributed by atoms with E-state index in [4.69, 9.17) is 13.9 Å². The summed E-state index contributed by atoms with van der Waals surface area (Å²) >= 11 is 0. The van der Waals surface area contributed by atoms with E-state index in [2.05, 4.69) is 24.1 Å². The quantitative estimate of drug-likeness (QED) is 0.566. The number of H-pyrrole nitrogens is 1. The van der Waals surface area contributed by atoms with E-state index < -0.39 is 5.97 Å². The number of hydrogen-bond acceptors (Lipinski definition) is 5. The third-order valence-corrected chi connectivity index (χ3v) is 5.43. The Morgan fingerprint density at radius 2 is 2.00 bits per heavy atom. The predicted molar refractivity (Wildman–Crippen MR) is 108 cm³/mol. The Balaban J connectivity index is 1.81. The van der Waals surface area contributed by atoms with Gasteiger partial charge in [-0.1, -0.05) is 13.8 Å². The minimum absolute atomic E-state index is 0.0201. The van der Waals surface area contributed by atoms with Crippen molar-refractivity contribution in [3.63, 3.8) is 0 Å². The number of nitrogens with one attached hydrogen (secondary N) is 2. The summed E-state index contributed by atoms with van der Waals surface area (Å²) in [5, 5.41) is 3.13. The first-order chi connectivity index (χ1) is 13.6. The fourth-order valence-electron chi connectivity index (χ4n) is 4.12. The number of carbonyl (C=O) groups excluding carboxylic acids is 2. The maximum absolute atomic E-state index is 13.1. The van der Waals surface area contributed by atoms with Crippen molar-refractivity contribution < 1.29 is 23.5 Å². The summed E-state index contributed by atoms with van der Waals surface area (Å²) < 4.78 is 16.0. The molecule has 0 saturated carbocycles. The van der Waals surface area contributed by atoms with Crippen molar-refractivity contribution in [1.82, 2.24) is 10.3 Å². The number of hydrogen-bond donors (Lipinski definition) is 2. The summed E-state index contributed by atoms with van der Waals surface area (Å²) in [4.78, 5) is 28.5. The highest BCUT2D eigenvalue weighted by molar-refractivity contribution is 6.00. The third-order valence-electron chi connectivity index (χ3n) is 5.43. The monoisotopic (exact) mass is 402 g/mol. The van der Waals surface area contributed by atoms with Crippen molar-refractivity contribution in [2.24, 2.45) is 5.41 Å². The molecule has 2 N–H and O–H groups in total. The number of ether oxygens (including phenoxy) is 2. The first-order valence-electron chi connectivity index (χ1n) is 9.88. The number of esters is 1. The van der Waals surface area contributed by atoms with Crippen molar-refractivity contribution in [2.45, 2.75) is 53.5 Å². The van der Waals surface area contributed by atoms with Gasteiger partial charge in [-0.05, 0) is 44.2 Å². The summed E-state index contributed by atoms with van der Waals surface area (Å²) in [7, 11) is 1.54. The van der Waals surface area contributed by atoms with Crippen LogP contribution in [0.2, 0.25) is 0 Å². The van der Waals surface area contributed by atoms with Gasteiger partial charge in [-0.2, -0.15) is 0 Å². The molecule has 1 atom stereocenters. The van der Waals surface area contributed by atoms with E-state index in [-0.39, 0.29) is 24.0 Å². The van der Waals surface area contributed by atoms with Gasteiger partial charge < -0.3 is 24.2 Å². The molecule has 0 saturated heterocycles. The van der Waals surface area contributed by atoms with E-state index in [1.54, 1.807) is 21.0 Å². The maximum atomic E-state index is 13.1. The Morgan fingerprint density at radius 3 is 2.69 bits per heavy atom. The fourth-order valence-corrected chi connectivity index (χ4v) is 4.12. The topological polar surface area (TPSA) is 93.6 Å². The Bertz CT molecular complexity index is 922. The van der Waals surface area contributed by atoms with Crippen LogP contribution < -0.4 is 5.32 Å². The van der Waals surface area contributed by atoms with Crippen LogP contribution in [-0.4, -0.2) is 37.2 Å². The Labute approximate surface area is 171 Å². The number of fused-ring (bicyclic) bond motifs is 1. The molecule has 1 aliphatic carbocycles. The van der Waals surface area contributed by atoms with Gasteiger partial charge in [0.25, 0.3) is 5.91 Å². The Hall–Kier alpha value is -2.54. The van der Waals surface area contributed by atoms with E-state index in [1.165, 1.54) is 0 Å². The molecule has 0 radical (unpaired) electrons. The number of aryl methyl sites for hydroxylation is 2. The first-order valence-corrected chi connectivity index (χ1v) is 9.88. The molecule has 0 bridgehead atoms. The summed E-state index contributed by atoms with van der Waals surface area (Å²) in [5.41, 5.74) is 3.03. The number of furan rings is 1. The van der Waals surface area contributed by atoms with Crippen molar-refractivity contribution >= 4 is 11.9 Å². The molecular formula is C22H30N2O5. The van der Waals surface area contributed by atoms with Crippen LogP contribution in [0.25, 0.3) is 0 Å². The van der Waals surface area contributed by atoms with Crippen LogP contribution in [0.15, 0.2) is 10.5 Å². The van der Waals surface area contributed by atoms with E-state index in [1.807, 2.05) is 13.0 Å². The molecule has 1 amide bonds. The summed E-state index contributed by atoms with van der Waals surface area (Å²) in [6.07, 6.45) is 1.66. The summed E-state index contributed by atoms with van der Waals surface area (Å²) in [6, 6.07) is 1.86. The lowest BCUT2D eigenvalue weighted by molar-refractivity contribution is 0.0386. The van der Waals surface area contributed by atoms with Gasteiger partial charge in [0.2, 0.25) is 0 Å². The number of aromatic nitrogens is 1. The lowest BCUT2D eigenvalue weighted by atomic mass is 9.74. The minimum atomic E-state index is -0.459. The average Bonchev–Trinajstić information content (AvgIpc) is 3.12. The fraction of sp³-hybridized carbons (Fsp3) is 0.545. The Kier molecular flexibility index (Phi) is 5.89. The average molecular weight is 402 g/mol. The zero-order valence-corrected chi connectivity index (χ0v) is 18.0. The maximum Gasteiger partial charge on any atom is 0.340 e. The predicted octanol–water partition coefficient (Wildman–Crippen LogP) is 3.78. The minimum Gasteiger partial charge on any atom is -0.466 e. The number of aromatic amines is 1. The van der Waals surface area contributed by atoms with Crippen LogP contribution in [-0.2, 0) is 15.9 Å². The molecule has 0 aromatic carbocycles. The molecule has 29 heavy (non-hydrogen) atoms. The van der Waals surface area contributed by atoms with Crippen molar-refractivity contribution in [3.8, 4) is 0 Å². The van der Waals surface area contributed by atoms with Crippen LogP contribution in [0.3, 0.4) is 0 Å². The lowest BCUT2D eigenvalue weighted by Crippen LogP contribution is -2.36. The molecule has 1 unspecified atom stereocenters. The lowest BCUT2D eigenvalue weighted by Gasteiger charge is -2.34. The van der Waals surface area contributed by atoms with Crippen LogP contribution in [0, 0.1) is 26.2 Å². The van der Waals surface area contributed by atoms with E-state index in [9.17, 15) is 9.59 Å². The number of rotatable bonds is 6. The SMILES string of the molecule is COCCOC(=O)c1c(C)[nH]c(C(=O)NC2CC(C)(C)Cc3oc(C)cc32)c1C. The molecule has 3 rings (SSSR count). The highest BCUT2D eigenvalue weighted by Crippen LogP contribution is 2.42. The second-order valence-electron chi connectivity index (χ2n) is 8.56. The molecular weight excluding hydrogens is 372 g/mol. The van der Waals surface area contributed by atoms with Gasteiger partial charge in [0, 0.05) is 24.8 Å². The van der Waals surface area contributed by atoms with Gasteiger partial charge in [-0.3, -0.25) is 4.79 Å². The molecule has 158 valence electrons. The molecule has 0 aliphatic heterocycles. The van der Waals surface area contributed by atoms with Gasteiger partial charge in [0.15, 0.2) is 0 Å². The number of carbonyl (C=O) groups is 2. The van der Waals surface area contributed by atoms with Gasteiger partial charge in [0.1, 0.15) is 23.8 Å². The van der Waals surface area contributed by atoms with Crippen molar-refractivity contribution in [3.05, 3.63) is 45.7 Å². The molecule has 1 aliphatic rings. The van der Waals surface area contributed by atoms with Crippen LogP contribution in [0.1, 0.15) is 75.5 Å². The largest absolute Gasteiger partial charge is 0.466 e. The molecule has 7 nitrogen and oxygen atoms in total. The molecule has 2 heterocycles. The molecule has 0 fully saturated rings. The highest BCUT2D eigenvalue weighted by atomic mass is 16.6. The van der Waals surface area contributed by atoms with E-state index in [0.717, 1.165) is 29.9 Å². The normalized spacial score (nSPS) is 17.7. The van der Waals surface area contributed by atoms with Gasteiger partial charge in [-0.15, -0.1) is 0 Å². The van der Waals surface area contributed by atoms with Crippen molar-refractivity contribution in [1.29, 1.82) is 0 Å². The summed E-state index contributed by atoms with van der Waals surface area (Å²) in [5.74, 6) is 1.08. The smallest absolute Gasteiger partial charge is 0.340 e. The summed E-state index contributed by atoms with van der Waals surface area (Å²) in [6.45, 7) is 10.3. The molecule has 2 aromatic heterocycles. The molecule has 7 heteroatoms. The van der Waals surface area contributed by atoms with E-state index in [0.29, 0.717) is 29.1 Å². The zero-order chi connectivity index (χ0) is 21.3. The third kappa shape index (κ3) is 4.40. The highest BCUT2D eigenvalue weighted by Gasteiger charge is 2.36.